The minimum Gasteiger partial charge on any atom is -0.396 e. The van der Waals surface area contributed by atoms with Crippen molar-refractivity contribution < 1.29 is 9.50 Å². The van der Waals surface area contributed by atoms with E-state index in [9.17, 15) is 4.39 Å². The van der Waals surface area contributed by atoms with Gasteiger partial charge in [0.15, 0.2) is 0 Å². The van der Waals surface area contributed by atoms with Crippen molar-refractivity contribution in [2.45, 2.75) is 18.9 Å². The van der Waals surface area contributed by atoms with Gasteiger partial charge in [0.1, 0.15) is 5.82 Å². The highest BCUT2D eigenvalue weighted by molar-refractivity contribution is 9.10. The van der Waals surface area contributed by atoms with Gasteiger partial charge in [-0.25, -0.2) is 4.39 Å². The van der Waals surface area contributed by atoms with E-state index in [0.717, 1.165) is 0 Å². The van der Waals surface area contributed by atoms with Crippen LogP contribution in [0.2, 0.25) is 0 Å². The van der Waals surface area contributed by atoms with Crippen LogP contribution in [0.3, 0.4) is 0 Å². The van der Waals surface area contributed by atoms with E-state index >= 15 is 0 Å². The maximum atomic E-state index is 13.4. The molecule has 0 aliphatic heterocycles. The molecular weight excluding hydrogens is 284 g/mol. The van der Waals surface area contributed by atoms with E-state index in [1.807, 2.05) is 0 Å². The Morgan fingerprint density at radius 2 is 2.13 bits per heavy atom. The topological polar surface area (TPSA) is 46.2 Å². The third-order valence-corrected chi connectivity index (χ3v) is 2.53. The average molecular weight is 299 g/mol. The zero-order chi connectivity index (χ0) is 10.6. The van der Waals surface area contributed by atoms with Crippen molar-refractivity contribution in [1.82, 2.24) is 0 Å². The lowest BCUT2D eigenvalue weighted by Gasteiger charge is -2.12. The van der Waals surface area contributed by atoms with Gasteiger partial charge < -0.3 is 10.8 Å². The van der Waals surface area contributed by atoms with Gasteiger partial charge in [0.05, 0.1) is 0 Å². The van der Waals surface area contributed by atoms with Gasteiger partial charge in [-0.1, -0.05) is 22.0 Å². The highest BCUT2D eigenvalue weighted by atomic mass is 79.9. The number of hydrogen-bond acceptors (Lipinski definition) is 2. The van der Waals surface area contributed by atoms with Crippen LogP contribution in [0.15, 0.2) is 22.7 Å². The number of halogens is 3. The standard InChI is InChI=1S/C10H13BrFNO.ClH/c11-7-3-4-8(9(12)6-7)10(13)2-1-5-14;/h3-4,6,10,14H,1-2,5,13H2;1H/t10-;/m1./s1. The van der Waals surface area contributed by atoms with E-state index in [0.29, 0.717) is 22.9 Å². The fourth-order valence-corrected chi connectivity index (χ4v) is 1.60. The molecule has 0 heterocycles. The lowest BCUT2D eigenvalue weighted by molar-refractivity contribution is 0.279. The maximum Gasteiger partial charge on any atom is 0.129 e. The molecule has 0 spiro atoms. The SMILES string of the molecule is Cl.N[C@H](CCCO)c1ccc(Br)cc1F. The molecule has 0 fully saturated rings. The second-order valence-electron chi connectivity index (χ2n) is 3.14. The summed E-state index contributed by atoms with van der Waals surface area (Å²) in [5.41, 5.74) is 6.27. The Kier molecular flexibility index (Phi) is 7.09. The molecule has 0 saturated carbocycles. The number of nitrogens with two attached hydrogens (primary N) is 1. The summed E-state index contributed by atoms with van der Waals surface area (Å²) in [7, 11) is 0. The van der Waals surface area contributed by atoms with E-state index in [1.54, 1.807) is 12.1 Å². The van der Waals surface area contributed by atoms with Crippen molar-refractivity contribution in [3.8, 4) is 0 Å². The van der Waals surface area contributed by atoms with E-state index in [-0.39, 0.29) is 30.9 Å². The molecule has 1 atom stereocenters. The van der Waals surface area contributed by atoms with Crippen LogP contribution >= 0.6 is 28.3 Å². The van der Waals surface area contributed by atoms with Gasteiger partial charge in [0.25, 0.3) is 0 Å². The third-order valence-electron chi connectivity index (χ3n) is 2.04. The highest BCUT2D eigenvalue weighted by Crippen LogP contribution is 2.22. The van der Waals surface area contributed by atoms with Crippen LogP contribution in [-0.2, 0) is 0 Å². The molecule has 0 aliphatic rings. The minimum absolute atomic E-state index is 0. The van der Waals surface area contributed by atoms with Crippen molar-refractivity contribution >= 4 is 28.3 Å². The van der Waals surface area contributed by atoms with Gasteiger partial charge in [-0.2, -0.15) is 0 Å². The molecule has 0 aliphatic carbocycles. The van der Waals surface area contributed by atoms with Crippen molar-refractivity contribution in [1.29, 1.82) is 0 Å². The highest BCUT2D eigenvalue weighted by Gasteiger charge is 2.10. The predicted molar refractivity (Wildman–Crippen MR) is 64.6 cm³/mol. The predicted octanol–water partition coefficient (Wildman–Crippen LogP) is 2.78. The fourth-order valence-electron chi connectivity index (χ4n) is 1.27. The number of aliphatic hydroxyl groups is 1. The lowest BCUT2D eigenvalue weighted by Crippen LogP contribution is -2.12. The molecule has 1 aromatic rings. The van der Waals surface area contributed by atoms with Crippen molar-refractivity contribution in [3.05, 3.63) is 34.1 Å². The Bertz CT molecular complexity index is 311. The summed E-state index contributed by atoms with van der Waals surface area (Å²) in [5.74, 6) is -0.301. The summed E-state index contributed by atoms with van der Waals surface area (Å²) in [6.07, 6.45) is 1.19. The Morgan fingerprint density at radius 1 is 1.47 bits per heavy atom. The van der Waals surface area contributed by atoms with Crippen LogP contribution in [0.1, 0.15) is 24.4 Å². The molecule has 1 rings (SSSR count). The minimum atomic E-state index is -0.338. The Balaban J connectivity index is 0.00000196. The van der Waals surface area contributed by atoms with Gasteiger partial charge >= 0.3 is 0 Å². The smallest absolute Gasteiger partial charge is 0.129 e. The number of hydrogen-bond donors (Lipinski definition) is 2. The van der Waals surface area contributed by atoms with Crippen molar-refractivity contribution in [2.24, 2.45) is 5.73 Å². The molecule has 3 N–H and O–H groups in total. The molecule has 86 valence electrons. The molecule has 5 heteroatoms. The molecule has 2 nitrogen and oxygen atoms in total. The van der Waals surface area contributed by atoms with Gasteiger partial charge in [-0.05, 0) is 25.0 Å². The monoisotopic (exact) mass is 297 g/mol. The fraction of sp³-hybridized carbons (Fsp3) is 0.400. The molecule has 0 bridgehead atoms. The average Bonchev–Trinajstić information content (AvgIpc) is 2.14. The van der Waals surface area contributed by atoms with E-state index in [4.69, 9.17) is 10.8 Å². The van der Waals surface area contributed by atoms with Crippen LogP contribution in [0.4, 0.5) is 4.39 Å². The molecule has 1 aromatic carbocycles. The zero-order valence-electron chi connectivity index (χ0n) is 8.12. The molecule has 0 saturated heterocycles. The van der Waals surface area contributed by atoms with Crippen molar-refractivity contribution in [2.75, 3.05) is 6.61 Å². The molecular formula is C10H14BrClFNO. The molecule has 0 unspecified atom stereocenters. The van der Waals surface area contributed by atoms with Crippen molar-refractivity contribution in [3.63, 3.8) is 0 Å². The largest absolute Gasteiger partial charge is 0.396 e. The summed E-state index contributed by atoms with van der Waals surface area (Å²) >= 11 is 3.18. The Hall–Kier alpha value is -0.160. The number of rotatable bonds is 4. The summed E-state index contributed by atoms with van der Waals surface area (Å²) in [5, 5.41) is 8.62. The Morgan fingerprint density at radius 3 is 2.67 bits per heavy atom. The van der Waals surface area contributed by atoms with E-state index in [2.05, 4.69) is 15.9 Å². The maximum absolute atomic E-state index is 13.4. The summed E-state index contributed by atoms with van der Waals surface area (Å²) in [4.78, 5) is 0. The first kappa shape index (κ1) is 14.8. The summed E-state index contributed by atoms with van der Waals surface area (Å²) in [6, 6.07) is 4.49. The molecule has 15 heavy (non-hydrogen) atoms. The second kappa shape index (κ2) is 7.17. The lowest BCUT2D eigenvalue weighted by atomic mass is 10.0. The summed E-state index contributed by atoms with van der Waals surface area (Å²) in [6.45, 7) is 0.0891. The van der Waals surface area contributed by atoms with E-state index < -0.39 is 0 Å². The first-order valence-electron chi connectivity index (χ1n) is 4.46. The van der Waals surface area contributed by atoms with Crippen LogP contribution in [0.25, 0.3) is 0 Å². The first-order chi connectivity index (χ1) is 6.65. The van der Waals surface area contributed by atoms with Crippen LogP contribution in [-0.4, -0.2) is 11.7 Å². The molecule has 0 amide bonds. The van der Waals surface area contributed by atoms with Gasteiger partial charge in [0, 0.05) is 22.7 Å². The summed E-state index contributed by atoms with van der Waals surface area (Å²) < 4.78 is 14.1. The van der Waals surface area contributed by atoms with Crippen LogP contribution in [0.5, 0.6) is 0 Å². The molecule has 0 radical (unpaired) electrons. The second-order valence-corrected chi connectivity index (χ2v) is 4.05. The van der Waals surface area contributed by atoms with E-state index in [1.165, 1.54) is 6.07 Å². The first-order valence-corrected chi connectivity index (χ1v) is 5.26. The zero-order valence-corrected chi connectivity index (χ0v) is 10.5. The Labute approximate surface area is 103 Å². The normalized spacial score (nSPS) is 12.0. The van der Waals surface area contributed by atoms with Gasteiger partial charge in [-0.3, -0.25) is 0 Å². The number of benzene rings is 1. The van der Waals surface area contributed by atoms with Gasteiger partial charge in [-0.15, -0.1) is 12.4 Å². The van der Waals surface area contributed by atoms with Crippen LogP contribution in [0, 0.1) is 5.82 Å². The number of aliphatic hydroxyl groups excluding tert-OH is 1. The third kappa shape index (κ3) is 4.47. The van der Waals surface area contributed by atoms with Crippen LogP contribution < -0.4 is 5.73 Å². The van der Waals surface area contributed by atoms with Gasteiger partial charge in [0.2, 0.25) is 0 Å². The molecule has 0 aromatic heterocycles. The quantitative estimate of drug-likeness (QED) is 0.898.